The van der Waals surface area contributed by atoms with Crippen molar-refractivity contribution in [2.45, 2.75) is 44.7 Å². The number of amides is 1. The molecule has 2 atom stereocenters. The first-order valence-electron chi connectivity index (χ1n) is 6.70. The number of hydrogen-bond donors (Lipinski definition) is 1. The summed E-state index contributed by atoms with van der Waals surface area (Å²) in [6, 6.07) is 0.898. The Morgan fingerprint density at radius 2 is 2.33 bits per heavy atom. The van der Waals surface area contributed by atoms with Crippen molar-refractivity contribution in [3.05, 3.63) is 16.1 Å². The number of nitrogens with zero attached hydrogens (tertiary/aromatic N) is 2. The van der Waals surface area contributed by atoms with Gasteiger partial charge in [-0.1, -0.05) is 6.42 Å². The highest BCUT2D eigenvalue weighted by Crippen LogP contribution is 2.27. The van der Waals surface area contributed by atoms with Gasteiger partial charge in [-0.2, -0.15) is 0 Å². The van der Waals surface area contributed by atoms with Crippen LogP contribution in [-0.2, 0) is 0 Å². The highest BCUT2D eigenvalue weighted by molar-refractivity contribution is 7.11. The van der Waals surface area contributed by atoms with Crippen LogP contribution in [0, 0.1) is 6.92 Å². The Labute approximate surface area is 111 Å². The average Bonchev–Trinajstić information content (AvgIpc) is 2.97. The number of hydrogen-bond acceptors (Lipinski definition) is 4. The third-order valence-electron chi connectivity index (χ3n) is 4.12. The molecule has 1 aromatic heterocycles. The molecule has 1 N–H and O–H groups in total. The number of carbonyl (C=O) groups excluding carboxylic acids is 1. The quantitative estimate of drug-likeness (QED) is 0.887. The van der Waals surface area contributed by atoms with E-state index in [1.165, 1.54) is 37.1 Å². The van der Waals surface area contributed by atoms with Gasteiger partial charge in [0.05, 0.1) is 11.2 Å². The van der Waals surface area contributed by atoms with Gasteiger partial charge in [-0.05, 0) is 32.7 Å². The topological polar surface area (TPSA) is 45.2 Å². The van der Waals surface area contributed by atoms with Gasteiger partial charge in [0.1, 0.15) is 4.88 Å². The highest BCUT2D eigenvalue weighted by atomic mass is 32.1. The van der Waals surface area contributed by atoms with Crippen molar-refractivity contribution in [1.82, 2.24) is 15.2 Å². The first-order chi connectivity index (χ1) is 8.75. The molecule has 3 rings (SSSR count). The maximum atomic E-state index is 12.2. The minimum absolute atomic E-state index is 0.0624. The van der Waals surface area contributed by atoms with Crippen molar-refractivity contribution < 1.29 is 4.79 Å². The summed E-state index contributed by atoms with van der Waals surface area (Å²) in [5, 5.41) is 3.21. The number of thiazole rings is 1. The first-order valence-corrected chi connectivity index (χ1v) is 7.58. The zero-order valence-electron chi connectivity index (χ0n) is 10.7. The van der Waals surface area contributed by atoms with Crippen LogP contribution in [0.3, 0.4) is 0 Å². The Kier molecular flexibility index (Phi) is 3.35. The molecule has 2 aliphatic heterocycles. The Hall–Kier alpha value is -0.940. The number of carbonyl (C=O) groups is 1. The molecule has 0 bridgehead atoms. The maximum absolute atomic E-state index is 12.2. The molecule has 0 spiro atoms. The van der Waals surface area contributed by atoms with Gasteiger partial charge in [0.25, 0.3) is 5.91 Å². The van der Waals surface area contributed by atoms with Gasteiger partial charge in [-0.15, -0.1) is 11.3 Å². The number of aromatic nitrogens is 1. The lowest BCUT2D eigenvalue weighted by Crippen LogP contribution is -2.46. The molecule has 0 aliphatic carbocycles. The van der Waals surface area contributed by atoms with Crippen LogP contribution in [-0.4, -0.2) is 41.0 Å². The number of fused-ring (bicyclic) bond motifs is 1. The van der Waals surface area contributed by atoms with E-state index in [0.717, 1.165) is 23.5 Å². The molecule has 0 unspecified atom stereocenters. The smallest absolute Gasteiger partial charge is 0.263 e. The second kappa shape index (κ2) is 4.97. The molecule has 0 radical (unpaired) electrons. The van der Waals surface area contributed by atoms with E-state index in [9.17, 15) is 4.79 Å². The SMILES string of the molecule is Cc1ncsc1C(=O)N[C@H]1CCN2CCCC[C@@H]12. The van der Waals surface area contributed by atoms with Gasteiger partial charge in [-0.3, -0.25) is 9.69 Å². The Morgan fingerprint density at radius 3 is 3.11 bits per heavy atom. The molecule has 1 amide bonds. The number of nitrogens with one attached hydrogen (secondary N) is 1. The summed E-state index contributed by atoms with van der Waals surface area (Å²) in [6.07, 6.45) is 4.93. The predicted molar refractivity (Wildman–Crippen MR) is 71.9 cm³/mol. The molecule has 2 saturated heterocycles. The minimum Gasteiger partial charge on any atom is -0.347 e. The molecule has 2 aliphatic rings. The maximum Gasteiger partial charge on any atom is 0.263 e. The average molecular weight is 265 g/mol. The third-order valence-corrected chi connectivity index (χ3v) is 5.05. The fourth-order valence-electron chi connectivity index (χ4n) is 3.17. The van der Waals surface area contributed by atoms with Crippen molar-refractivity contribution in [3.63, 3.8) is 0 Å². The molecule has 0 aromatic carbocycles. The van der Waals surface area contributed by atoms with Crippen LogP contribution in [0.4, 0.5) is 0 Å². The monoisotopic (exact) mass is 265 g/mol. The molecule has 98 valence electrons. The van der Waals surface area contributed by atoms with Crippen LogP contribution in [0.2, 0.25) is 0 Å². The fraction of sp³-hybridized carbons (Fsp3) is 0.692. The van der Waals surface area contributed by atoms with Gasteiger partial charge >= 0.3 is 0 Å². The largest absolute Gasteiger partial charge is 0.347 e. The molecule has 0 saturated carbocycles. The van der Waals surface area contributed by atoms with E-state index in [-0.39, 0.29) is 5.91 Å². The van der Waals surface area contributed by atoms with E-state index in [1.54, 1.807) is 5.51 Å². The second-order valence-corrected chi connectivity index (χ2v) is 6.09. The lowest BCUT2D eigenvalue weighted by Gasteiger charge is -2.32. The van der Waals surface area contributed by atoms with Gasteiger partial charge in [0.15, 0.2) is 0 Å². The molecule has 2 fully saturated rings. The van der Waals surface area contributed by atoms with E-state index < -0.39 is 0 Å². The van der Waals surface area contributed by atoms with Crippen molar-refractivity contribution in [3.8, 4) is 0 Å². The lowest BCUT2D eigenvalue weighted by molar-refractivity contribution is 0.0918. The zero-order valence-corrected chi connectivity index (χ0v) is 11.5. The number of aryl methyl sites for hydroxylation is 1. The van der Waals surface area contributed by atoms with Crippen LogP contribution in [0.25, 0.3) is 0 Å². The van der Waals surface area contributed by atoms with Crippen molar-refractivity contribution in [1.29, 1.82) is 0 Å². The molecular weight excluding hydrogens is 246 g/mol. The molecule has 3 heterocycles. The van der Waals surface area contributed by atoms with Crippen LogP contribution < -0.4 is 5.32 Å². The summed E-state index contributed by atoms with van der Waals surface area (Å²) >= 11 is 1.43. The molecule has 4 nitrogen and oxygen atoms in total. The number of piperidine rings is 1. The van der Waals surface area contributed by atoms with Gasteiger partial charge in [-0.25, -0.2) is 4.98 Å². The first kappa shape index (κ1) is 12.1. The van der Waals surface area contributed by atoms with Gasteiger partial charge < -0.3 is 5.32 Å². The number of rotatable bonds is 2. The van der Waals surface area contributed by atoms with Crippen molar-refractivity contribution >= 4 is 17.2 Å². The predicted octanol–water partition coefficient (Wildman–Crippen LogP) is 1.81. The minimum atomic E-state index is 0.0624. The Balaban J connectivity index is 1.66. The van der Waals surface area contributed by atoms with Gasteiger partial charge in [0.2, 0.25) is 0 Å². The second-order valence-electron chi connectivity index (χ2n) is 5.23. The normalized spacial score (nSPS) is 28.1. The summed E-state index contributed by atoms with van der Waals surface area (Å²) in [5.74, 6) is 0.0624. The van der Waals surface area contributed by atoms with E-state index in [2.05, 4.69) is 15.2 Å². The third kappa shape index (κ3) is 2.17. The van der Waals surface area contributed by atoms with E-state index in [0.29, 0.717) is 12.1 Å². The van der Waals surface area contributed by atoms with Crippen LogP contribution in [0.5, 0.6) is 0 Å². The van der Waals surface area contributed by atoms with E-state index in [1.807, 2.05) is 6.92 Å². The lowest BCUT2D eigenvalue weighted by atomic mass is 9.99. The van der Waals surface area contributed by atoms with Crippen molar-refractivity contribution in [2.75, 3.05) is 13.1 Å². The molecule has 5 heteroatoms. The van der Waals surface area contributed by atoms with Crippen LogP contribution >= 0.6 is 11.3 Å². The Morgan fingerprint density at radius 1 is 1.44 bits per heavy atom. The Bertz CT molecular complexity index is 445. The summed E-state index contributed by atoms with van der Waals surface area (Å²) in [5.41, 5.74) is 2.59. The summed E-state index contributed by atoms with van der Waals surface area (Å²) < 4.78 is 0. The van der Waals surface area contributed by atoms with E-state index >= 15 is 0 Å². The summed E-state index contributed by atoms with van der Waals surface area (Å²) in [7, 11) is 0. The summed E-state index contributed by atoms with van der Waals surface area (Å²) in [4.78, 5) is 19.6. The molecule has 18 heavy (non-hydrogen) atoms. The summed E-state index contributed by atoms with van der Waals surface area (Å²) in [6.45, 7) is 4.24. The van der Waals surface area contributed by atoms with E-state index in [4.69, 9.17) is 0 Å². The fourth-order valence-corrected chi connectivity index (χ4v) is 3.87. The van der Waals surface area contributed by atoms with Crippen LogP contribution in [0.1, 0.15) is 41.0 Å². The van der Waals surface area contributed by atoms with Crippen LogP contribution in [0.15, 0.2) is 5.51 Å². The molecule has 1 aromatic rings. The zero-order chi connectivity index (χ0) is 12.5. The molecular formula is C13H19N3OS. The highest BCUT2D eigenvalue weighted by Gasteiger charge is 2.36. The van der Waals surface area contributed by atoms with Crippen molar-refractivity contribution in [2.24, 2.45) is 0 Å². The van der Waals surface area contributed by atoms with Gasteiger partial charge in [0, 0.05) is 18.6 Å². The standard InChI is InChI=1S/C13H19N3OS/c1-9-12(18-8-14-9)13(17)15-10-5-7-16-6-3-2-4-11(10)16/h8,10-11H,2-7H2,1H3,(H,15,17)/t10-,11-/m0/s1.